The van der Waals surface area contributed by atoms with Crippen LogP contribution in [0.4, 0.5) is 17.6 Å². The first-order valence-corrected chi connectivity index (χ1v) is 9.79. The summed E-state index contributed by atoms with van der Waals surface area (Å²) in [5, 5.41) is 14.7. The second-order valence-electron chi connectivity index (χ2n) is 7.04. The Hall–Kier alpha value is -3.53. The molecule has 5 rings (SSSR count). The van der Waals surface area contributed by atoms with E-state index in [1.807, 2.05) is 30.9 Å². The predicted octanol–water partition coefficient (Wildman–Crippen LogP) is 3.61. The van der Waals surface area contributed by atoms with Crippen molar-refractivity contribution >= 4 is 29.2 Å². The molecule has 1 saturated heterocycles. The lowest BCUT2D eigenvalue weighted by molar-refractivity contribution is 0.315. The van der Waals surface area contributed by atoms with E-state index in [1.54, 1.807) is 18.5 Å². The third-order valence-corrected chi connectivity index (χ3v) is 5.10. The Kier molecular flexibility index (Phi) is 4.55. The van der Waals surface area contributed by atoms with Crippen LogP contribution in [0.3, 0.4) is 0 Å². The van der Waals surface area contributed by atoms with E-state index in [-0.39, 0.29) is 6.04 Å². The maximum Gasteiger partial charge on any atom is 0.229 e. The van der Waals surface area contributed by atoms with Gasteiger partial charge in [-0.05, 0) is 20.3 Å². The number of hydrogen-bond acceptors (Lipinski definition) is 9. The summed E-state index contributed by atoms with van der Waals surface area (Å²) in [5.74, 6) is 2.47. The molecule has 0 radical (unpaired) electrons. The minimum absolute atomic E-state index is 0.0258. The second-order valence-corrected chi connectivity index (χ2v) is 7.43. The lowest BCUT2D eigenvalue weighted by Crippen LogP contribution is -2.42. The molecule has 0 saturated carbocycles. The van der Waals surface area contributed by atoms with Gasteiger partial charge in [0.25, 0.3) is 0 Å². The Morgan fingerprint density at radius 2 is 2.00 bits per heavy atom. The number of hydrogen-bond donors (Lipinski definition) is 2. The maximum atomic E-state index is 6.24. The van der Waals surface area contributed by atoms with Crippen LogP contribution in [-0.4, -0.2) is 41.8 Å². The quantitative estimate of drug-likeness (QED) is 0.463. The fourth-order valence-electron chi connectivity index (χ4n) is 3.35. The van der Waals surface area contributed by atoms with E-state index >= 15 is 0 Å². The topological polar surface area (TPSA) is 122 Å². The van der Waals surface area contributed by atoms with E-state index in [0.29, 0.717) is 34.1 Å². The number of anilines is 3. The molecule has 0 aliphatic carbocycles. The number of aromatic amines is 1. The molecule has 4 aromatic heterocycles. The summed E-state index contributed by atoms with van der Waals surface area (Å²) in [7, 11) is 0. The standard InChI is InChI=1S/C19H18ClN9O/c1-10-7-17(27-26-10)24-16-9-15(20)23-19(25-16)29-6-3-13(29)14-8-12(28-30-14)18-11(2)21-4-5-22-18/h4-5,7-9,13H,3,6H2,1-2H3,(H2,23,24,25,26,27)/t13-/m0/s1. The zero-order valence-corrected chi connectivity index (χ0v) is 17.1. The Balaban J connectivity index is 1.39. The van der Waals surface area contributed by atoms with Crippen LogP contribution in [0.25, 0.3) is 11.4 Å². The summed E-state index contributed by atoms with van der Waals surface area (Å²) in [6.45, 7) is 4.60. The van der Waals surface area contributed by atoms with Gasteiger partial charge in [-0.25, -0.2) is 4.98 Å². The summed E-state index contributed by atoms with van der Waals surface area (Å²) in [6.07, 6.45) is 4.19. The van der Waals surface area contributed by atoms with Crippen molar-refractivity contribution in [2.45, 2.75) is 26.3 Å². The number of nitrogens with zero attached hydrogens (tertiary/aromatic N) is 7. The number of halogens is 1. The Labute approximate surface area is 176 Å². The maximum absolute atomic E-state index is 6.24. The molecule has 4 aromatic rings. The summed E-state index contributed by atoms with van der Waals surface area (Å²) in [4.78, 5) is 19.6. The van der Waals surface area contributed by atoms with Crippen molar-refractivity contribution in [1.29, 1.82) is 0 Å². The highest BCUT2D eigenvalue weighted by Crippen LogP contribution is 2.38. The third kappa shape index (κ3) is 3.45. The van der Waals surface area contributed by atoms with Crippen molar-refractivity contribution in [2.75, 3.05) is 16.8 Å². The minimum Gasteiger partial charge on any atom is -0.358 e. The van der Waals surface area contributed by atoms with Crippen LogP contribution in [0, 0.1) is 13.8 Å². The molecule has 0 spiro atoms. The molecule has 0 unspecified atom stereocenters. The highest BCUT2D eigenvalue weighted by Gasteiger charge is 2.35. The monoisotopic (exact) mass is 423 g/mol. The number of aryl methyl sites for hydroxylation is 2. The van der Waals surface area contributed by atoms with Crippen molar-refractivity contribution in [1.82, 2.24) is 35.3 Å². The highest BCUT2D eigenvalue weighted by molar-refractivity contribution is 6.29. The second kappa shape index (κ2) is 7.38. The summed E-state index contributed by atoms with van der Waals surface area (Å²) in [6, 6.07) is 5.41. The number of rotatable bonds is 5. The Morgan fingerprint density at radius 1 is 1.13 bits per heavy atom. The molecule has 152 valence electrons. The largest absolute Gasteiger partial charge is 0.358 e. The fourth-order valence-corrected chi connectivity index (χ4v) is 3.53. The van der Waals surface area contributed by atoms with Crippen LogP contribution in [0.5, 0.6) is 0 Å². The van der Waals surface area contributed by atoms with Crippen molar-refractivity contribution in [2.24, 2.45) is 0 Å². The van der Waals surface area contributed by atoms with E-state index in [2.05, 4.69) is 40.6 Å². The van der Waals surface area contributed by atoms with Gasteiger partial charge in [0.2, 0.25) is 5.95 Å². The van der Waals surface area contributed by atoms with E-state index in [4.69, 9.17) is 16.1 Å². The summed E-state index contributed by atoms with van der Waals surface area (Å²) < 4.78 is 5.61. The molecule has 11 heteroatoms. The van der Waals surface area contributed by atoms with Crippen molar-refractivity contribution in [3.05, 3.63) is 52.9 Å². The smallest absolute Gasteiger partial charge is 0.229 e. The van der Waals surface area contributed by atoms with E-state index in [0.717, 1.165) is 30.1 Å². The van der Waals surface area contributed by atoms with Crippen molar-refractivity contribution in [3.63, 3.8) is 0 Å². The van der Waals surface area contributed by atoms with E-state index in [9.17, 15) is 0 Å². The predicted molar refractivity (Wildman–Crippen MR) is 111 cm³/mol. The Morgan fingerprint density at radius 3 is 2.73 bits per heavy atom. The number of aromatic nitrogens is 7. The van der Waals surface area contributed by atoms with Crippen LogP contribution in [0.2, 0.25) is 5.15 Å². The molecular formula is C19H18ClN9O. The fraction of sp³-hybridized carbons (Fsp3) is 0.263. The number of H-pyrrole nitrogens is 1. The summed E-state index contributed by atoms with van der Waals surface area (Å²) >= 11 is 6.24. The first-order valence-electron chi connectivity index (χ1n) is 9.41. The lowest BCUT2D eigenvalue weighted by Gasteiger charge is -2.39. The van der Waals surface area contributed by atoms with Gasteiger partial charge in [-0.1, -0.05) is 16.8 Å². The first-order chi connectivity index (χ1) is 14.6. The number of nitrogens with one attached hydrogen (secondary N) is 2. The Bertz CT molecular complexity index is 1200. The van der Waals surface area contributed by atoms with Crippen LogP contribution < -0.4 is 10.2 Å². The van der Waals surface area contributed by atoms with Crippen molar-refractivity contribution in [3.8, 4) is 11.4 Å². The minimum atomic E-state index is -0.0258. The van der Waals surface area contributed by atoms with Gasteiger partial charge in [0.1, 0.15) is 22.4 Å². The molecule has 1 fully saturated rings. The SMILES string of the molecule is Cc1cc(Nc2cc(Cl)nc(N3CC[C@H]3c3cc(-c4nccnc4C)no3)n2)n[nH]1. The highest BCUT2D eigenvalue weighted by atomic mass is 35.5. The van der Waals surface area contributed by atoms with Gasteiger partial charge < -0.3 is 14.7 Å². The zero-order valence-electron chi connectivity index (χ0n) is 16.3. The molecule has 0 amide bonds. The third-order valence-electron chi connectivity index (χ3n) is 4.90. The molecule has 1 aliphatic rings. The molecule has 0 aromatic carbocycles. The molecule has 30 heavy (non-hydrogen) atoms. The molecule has 2 N–H and O–H groups in total. The zero-order chi connectivity index (χ0) is 20.7. The molecule has 1 aliphatic heterocycles. The van der Waals surface area contributed by atoms with Gasteiger partial charge in [-0.2, -0.15) is 10.1 Å². The van der Waals surface area contributed by atoms with Gasteiger partial charge in [-0.3, -0.25) is 15.1 Å². The summed E-state index contributed by atoms with van der Waals surface area (Å²) in [5.41, 5.74) is 3.11. The van der Waals surface area contributed by atoms with Gasteiger partial charge in [0.15, 0.2) is 11.6 Å². The average molecular weight is 424 g/mol. The normalized spacial score (nSPS) is 15.8. The first kappa shape index (κ1) is 18.5. The van der Waals surface area contributed by atoms with Crippen LogP contribution in [0.15, 0.2) is 35.1 Å². The van der Waals surface area contributed by atoms with Gasteiger partial charge in [0.05, 0.1) is 11.7 Å². The van der Waals surface area contributed by atoms with Gasteiger partial charge in [-0.15, -0.1) is 0 Å². The van der Waals surface area contributed by atoms with Gasteiger partial charge >= 0.3 is 0 Å². The molecule has 5 heterocycles. The molecule has 10 nitrogen and oxygen atoms in total. The average Bonchev–Trinajstić information content (AvgIpc) is 3.30. The lowest BCUT2D eigenvalue weighted by atomic mass is 10.0. The van der Waals surface area contributed by atoms with E-state index in [1.165, 1.54) is 0 Å². The van der Waals surface area contributed by atoms with Crippen LogP contribution in [0.1, 0.15) is 29.6 Å². The van der Waals surface area contributed by atoms with Gasteiger partial charge in [0, 0.05) is 42.8 Å². The molecule has 1 atom stereocenters. The van der Waals surface area contributed by atoms with Crippen LogP contribution >= 0.6 is 11.6 Å². The van der Waals surface area contributed by atoms with Crippen LogP contribution in [-0.2, 0) is 0 Å². The molecular weight excluding hydrogens is 406 g/mol. The van der Waals surface area contributed by atoms with Crippen molar-refractivity contribution < 1.29 is 4.52 Å². The van der Waals surface area contributed by atoms with E-state index < -0.39 is 0 Å². The molecule has 0 bridgehead atoms.